The third kappa shape index (κ3) is 5.39. The summed E-state index contributed by atoms with van der Waals surface area (Å²) in [6, 6.07) is 85.0. The molecule has 78 heavy (non-hydrogen) atoms. The zero-order valence-electron chi connectivity index (χ0n) is 44.7. The summed E-state index contributed by atoms with van der Waals surface area (Å²) in [6.07, 6.45) is 0. The molecule has 17 rings (SSSR count). The molecule has 4 aliphatic carbocycles. The number of hydrogen-bond donors (Lipinski definition) is 0. The minimum absolute atomic E-state index is 0.00695. The van der Waals surface area contributed by atoms with Crippen molar-refractivity contribution in [2.45, 2.75) is 63.7 Å². The average molecular weight is 1020 g/mol. The van der Waals surface area contributed by atoms with Gasteiger partial charge in [0.15, 0.2) is 0 Å². The highest BCUT2D eigenvalue weighted by atomic mass is 32.1. The molecule has 0 unspecified atom stereocenters. The Hall–Kier alpha value is -8.44. The van der Waals surface area contributed by atoms with Crippen LogP contribution in [0.25, 0.3) is 44.5 Å². The molecule has 2 aliphatic heterocycles. The van der Waals surface area contributed by atoms with Crippen LogP contribution in [0.5, 0.6) is 0 Å². The van der Waals surface area contributed by atoms with Crippen LogP contribution in [0.15, 0.2) is 218 Å². The molecule has 11 aromatic rings. The molecule has 0 radical (unpaired) electrons. The molecular weight excluding hydrogens is 960 g/mol. The van der Waals surface area contributed by atoms with Gasteiger partial charge in [0.2, 0.25) is 0 Å². The fraction of sp³-hybridized carbons (Fsp3) is 0.135. The van der Waals surface area contributed by atoms with E-state index in [-0.39, 0.29) is 12.1 Å². The van der Waals surface area contributed by atoms with Crippen LogP contribution >= 0.6 is 11.3 Å². The predicted octanol–water partition coefficient (Wildman–Crippen LogP) is 17.2. The van der Waals surface area contributed by atoms with Crippen molar-refractivity contribution < 1.29 is 0 Å². The lowest BCUT2D eigenvalue weighted by Gasteiger charge is -2.44. The maximum Gasteiger partial charge on any atom is 0.264 e. The first-order valence-corrected chi connectivity index (χ1v) is 28.8. The van der Waals surface area contributed by atoms with E-state index in [1.54, 1.807) is 0 Å². The molecule has 0 N–H and O–H groups in total. The molecule has 1 aromatic heterocycles. The van der Waals surface area contributed by atoms with E-state index in [9.17, 15) is 0 Å². The Labute approximate surface area is 462 Å². The number of fused-ring (bicyclic) bond motifs is 25. The number of rotatable bonds is 3. The molecule has 2 nitrogen and oxygen atoms in total. The van der Waals surface area contributed by atoms with Crippen LogP contribution < -0.4 is 25.5 Å². The van der Waals surface area contributed by atoms with E-state index in [1.165, 1.54) is 155 Å². The summed E-state index contributed by atoms with van der Waals surface area (Å²) >= 11 is 2.08. The molecule has 0 bridgehead atoms. The lowest BCUT2D eigenvalue weighted by Crippen LogP contribution is -2.60. The van der Waals surface area contributed by atoms with Crippen LogP contribution in [-0.2, 0) is 16.2 Å². The van der Waals surface area contributed by atoms with Gasteiger partial charge in [-0.2, -0.15) is 0 Å². The fourth-order valence-electron chi connectivity index (χ4n) is 15.6. The van der Waals surface area contributed by atoms with E-state index in [2.05, 4.69) is 281 Å². The van der Waals surface area contributed by atoms with Crippen molar-refractivity contribution in [3.8, 4) is 44.5 Å². The van der Waals surface area contributed by atoms with Crippen LogP contribution in [0.3, 0.4) is 0 Å². The highest BCUT2D eigenvalue weighted by Crippen LogP contribution is 2.68. The Balaban J connectivity index is 1.03. The molecule has 6 aliphatic rings. The number of hydrogen-bond acceptors (Lipinski definition) is 3. The van der Waals surface area contributed by atoms with Crippen molar-refractivity contribution in [3.05, 3.63) is 279 Å². The van der Waals surface area contributed by atoms with Gasteiger partial charge >= 0.3 is 0 Å². The molecule has 0 fully saturated rings. The summed E-state index contributed by atoms with van der Waals surface area (Å²) in [5.74, 6) is 0.379. The molecular formula is C74H55BN2S. The van der Waals surface area contributed by atoms with E-state index in [0.717, 1.165) is 0 Å². The van der Waals surface area contributed by atoms with E-state index >= 15 is 0 Å². The highest BCUT2D eigenvalue weighted by molar-refractivity contribution is 7.30. The molecule has 10 aromatic carbocycles. The minimum atomic E-state index is -0.497. The number of thiophene rings is 1. The number of aryl methyl sites for hydroxylation is 1. The number of para-hydroxylation sites is 1. The predicted molar refractivity (Wildman–Crippen MR) is 328 cm³/mol. The van der Waals surface area contributed by atoms with Gasteiger partial charge in [-0.25, -0.2) is 0 Å². The normalized spacial score (nSPS) is 15.3. The van der Waals surface area contributed by atoms with Gasteiger partial charge in [-0.05, 0) is 166 Å². The first kappa shape index (κ1) is 44.7. The minimum Gasteiger partial charge on any atom is -0.311 e. The largest absolute Gasteiger partial charge is 0.311 e. The summed E-state index contributed by atoms with van der Waals surface area (Å²) in [4.78, 5) is 6.76. The molecule has 4 heteroatoms. The maximum atomic E-state index is 2.68. The molecule has 0 saturated carbocycles. The quantitative estimate of drug-likeness (QED) is 0.163. The summed E-state index contributed by atoms with van der Waals surface area (Å²) in [7, 11) is 0. The van der Waals surface area contributed by atoms with Crippen LogP contribution in [0.1, 0.15) is 101 Å². The number of nitrogens with zero attached hydrogens (tertiary/aromatic N) is 2. The Morgan fingerprint density at radius 1 is 0.436 bits per heavy atom. The lowest BCUT2D eigenvalue weighted by atomic mass is 9.36. The van der Waals surface area contributed by atoms with Gasteiger partial charge < -0.3 is 9.80 Å². The monoisotopic (exact) mass is 1010 g/mol. The van der Waals surface area contributed by atoms with Gasteiger partial charge in [-0.15, -0.1) is 11.3 Å². The average Bonchev–Trinajstić information content (AvgIpc) is 3.28. The van der Waals surface area contributed by atoms with Crippen LogP contribution in [-0.4, -0.2) is 6.71 Å². The van der Waals surface area contributed by atoms with Gasteiger partial charge in [0.25, 0.3) is 6.71 Å². The third-order valence-corrected chi connectivity index (χ3v) is 20.2. The third-order valence-electron chi connectivity index (χ3n) is 18.8. The van der Waals surface area contributed by atoms with Crippen LogP contribution in [0.4, 0.5) is 34.1 Å². The molecule has 3 heterocycles. The summed E-state index contributed by atoms with van der Waals surface area (Å²) in [6.45, 7) is 13.9. The highest BCUT2D eigenvalue weighted by Gasteiger charge is 2.58. The molecule has 0 atom stereocenters. The molecule has 370 valence electrons. The first-order chi connectivity index (χ1) is 38.1. The Bertz CT molecular complexity index is 4350. The zero-order chi connectivity index (χ0) is 52.1. The molecule has 0 amide bonds. The van der Waals surface area contributed by atoms with Gasteiger partial charge in [-0.1, -0.05) is 211 Å². The summed E-state index contributed by atoms with van der Waals surface area (Å²) < 4.78 is 1.41. The van der Waals surface area contributed by atoms with Gasteiger partial charge in [0.05, 0.1) is 16.5 Å². The number of anilines is 6. The van der Waals surface area contributed by atoms with Crippen molar-refractivity contribution in [3.63, 3.8) is 0 Å². The van der Waals surface area contributed by atoms with E-state index in [0.29, 0.717) is 5.92 Å². The Morgan fingerprint density at radius 3 is 1.47 bits per heavy atom. The van der Waals surface area contributed by atoms with Crippen LogP contribution in [0.2, 0.25) is 0 Å². The van der Waals surface area contributed by atoms with Gasteiger partial charge in [0.1, 0.15) is 0 Å². The maximum absolute atomic E-state index is 2.68. The smallest absolute Gasteiger partial charge is 0.264 e. The van der Waals surface area contributed by atoms with Crippen molar-refractivity contribution >= 4 is 67.9 Å². The van der Waals surface area contributed by atoms with E-state index < -0.39 is 10.8 Å². The van der Waals surface area contributed by atoms with Crippen LogP contribution in [0, 0.1) is 6.92 Å². The van der Waals surface area contributed by atoms with Crippen molar-refractivity contribution in [2.24, 2.45) is 0 Å². The second kappa shape index (κ2) is 15.4. The van der Waals surface area contributed by atoms with Gasteiger partial charge in [0, 0.05) is 43.7 Å². The topological polar surface area (TPSA) is 6.48 Å². The summed E-state index contributed by atoms with van der Waals surface area (Å²) in [5.41, 5.74) is 33.4. The molecule has 0 saturated heterocycles. The van der Waals surface area contributed by atoms with Crippen molar-refractivity contribution in [1.82, 2.24) is 0 Å². The van der Waals surface area contributed by atoms with E-state index in [1.807, 2.05) is 0 Å². The second-order valence-corrected chi connectivity index (χ2v) is 25.2. The first-order valence-electron chi connectivity index (χ1n) is 28.0. The second-order valence-electron chi connectivity index (χ2n) is 24.1. The van der Waals surface area contributed by atoms with Crippen molar-refractivity contribution in [2.75, 3.05) is 9.80 Å². The van der Waals surface area contributed by atoms with Crippen molar-refractivity contribution in [1.29, 1.82) is 0 Å². The number of benzene rings is 10. The zero-order valence-corrected chi connectivity index (χ0v) is 45.6. The van der Waals surface area contributed by atoms with Gasteiger partial charge in [-0.3, -0.25) is 0 Å². The Kier molecular flexibility index (Phi) is 8.82. The summed E-state index contributed by atoms with van der Waals surface area (Å²) in [5, 5.41) is 0. The Morgan fingerprint density at radius 2 is 0.923 bits per heavy atom. The molecule has 2 spiro atoms. The fourth-order valence-corrected chi connectivity index (χ4v) is 17.3. The standard InChI is InChI=1S/C74H55BN2S/c1-43(2)45-32-37-54-61(40-45)74(59-30-18-12-24-51(59)52-25-13-19-31-60(52)74)70-67(54)69-71(78-70)75-63-41-55-53-26-14-17-29-58(53)73(56-27-15-10-22-49(56)50-23-11-16-28-57(50)73)62(55)42-64(63)76(48-35-33-46(34-36-48)72(4,5)6)65-38-44(3)39-66(68(65)75)77(69)47-20-8-7-9-21-47/h7-43H,1-6H3. The van der Waals surface area contributed by atoms with E-state index in [4.69, 9.17) is 0 Å². The lowest BCUT2D eigenvalue weighted by molar-refractivity contribution is 0.590. The SMILES string of the molecule is Cc1cc2c3c(c1)N(c1ccccc1)c1c(sc4c1-c1ccc(C(C)C)cc1C41c4ccccc4-c4ccccc41)B3c1cc3c(cc1N2c1ccc(C(C)(C)C)cc1)C1(c2ccccc2-c2ccccc21)c1ccccc1-3.